The van der Waals surface area contributed by atoms with Crippen molar-refractivity contribution in [2.24, 2.45) is 5.92 Å². The van der Waals surface area contributed by atoms with E-state index >= 15 is 0 Å². The molecule has 1 aliphatic heterocycles. The first-order valence-electron chi connectivity index (χ1n) is 6.52. The number of aliphatic carboxylic acids is 1. The van der Waals surface area contributed by atoms with Crippen LogP contribution in [-0.4, -0.2) is 53.6 Å². The lowest BCUT2D eigenvalue weighted by molar-refractivity contribution is -0.141. The monoisotopic (exact) mass is 269 g/mol. The molecule has 19 heavy (non-hydrogen) atoms. The molecule has 7 heteroatoms. The van der Waals surface area contributed by atoms with Crippen LogP contribution >= 0.6 is 0 Å². The van der Waals surface area contributed by atoms with Crippen LogP contribution in [0.5, 0.6) is 0 Å². The fourth-order valence-electron chi connectivity index (χ4n) is 2.68. The maximum absolute atomic E-state index is 11.7. The number of likely N-dealkylation sites (N-methyl/N-ethyl adjacent to an activating group) is 1. The topological polar surface area (TPSA) is 98.7 Å². The highest BCUT2D eigenvalue weighted by Gasteiger charge is 2.33. The molecule has 0 aromatic carbocycles. The largest absolute Gasteiger partial charge is 0.481 e. The highest BCUT2D eigenvalue weighted by atomic mass is 16.4. The van der Waals surface area contributed by atoms with Gasteiger partial charge in [0.1, 0.15) is 6.04 Å². The Morgan fingerprint density at radius 3 is 2.53 bits per heavy atom. The molecular weight excluding hydrogens is 250 g/mol. The normalized spacial score (nSPS) is 30.5. The van der Waals surface area contributed by atoms with E-state index in [0.717, 1.165) is 0 Å². The maximum atomic E-state index is 11.7. The third-order valence-corrected chi connectivity index (χ3v) is 3.85. The highest BCUT2D eigenvalue weighted by molar-refractivity contribution is 5.88. The zero-order valence-electron chi connectivity index (χ0n) is 10.9. The van der Waals surface area contributed by atoms with Crippen molar-refractivity contribution in [1.29, 1.82) is 0 Å². The second-order valence-corrected chi connectivity index (χ2v) is 5.26. The lowest BCUT2D eigenvalue weighted by atomic mass is 10.1. The molecule has 1 saturated heterocycles. The third-order valence-electron chi connectivity index (χ3n) is 3.85. The summed E-state index contributed by atoms with van der Waals surface area (Å²) in [5.74, 6) is -1.26. The number of amides is 3. The van der Waals surface area contributed by atoms with E-state index in [4.69, 9.17) is 5.11 Å². The summed E-state index contributed by atoms with van der Waals surface area (Å²) in [6.07, 6.45) is 2.33. The Hall–Kier alpha value is -1.79. The van der Waals surface area contributed by atoms with Crippen LogP contribution in [0.4, 0.5) is 4.79 Å². The molecule has 3 N–H and O–H groups in total. The summed E-state index contributed by atoms with van der Waals surface area (Å²) >= 11 is 0. The SMILES string of the molecule is CN1CCC(NC(=O)N[C@H]2CC[C@@H](C(=O)O)C2)C1=O. The van der Waals surface area contributed by atoms with Gasteiger partial charge >= 0.3 is 12.0 Å². The van der Waals surface area contributed by atoms with Crippen LogP contribution in [0.25, 0.3) is 0 Å². The van der Waals surface area contributed by atoms with Crippen LogP contribution < -0.4 is 10.6 Å². The number of rotatable bonds is 3. The molecule has 1 aliphatic carbocycles. The molecule has 7 nitrogen and oxygen atoms in total. The van der Waals surface area contributed by atoms with Crippen molar-refractivity contribution in [3.8, 4) is 0 Å². The van der Waals surface area contributed by atoms with Crippen LogP contribution in [0.2, 0.25) is 0 Å². The molecular formula is C12H19N3O4. The first-order valence-corrected chi connectivity index (χ1v) is 6.52. The van der Waals surface area contributed by atoms with Crippen molar-refractivity contribution in [3.05, 3.63) is 0 Å². The van der Waals surface area contributed by atoms with E-state index in [2.05, 4.69) is 10.6 Å². The summed E-state index contributed by atoms with van der Waals surface area (Å²) in [5, 5.41) is 14.3. The first-order chi connectivity index (χ1) is 8.97. The van der Waals surface area contributed by atoms with Gasteiger partial charge in [-0.3, -0.25) is 9.59 Å². The Labute approximate surface area is 111 Å². The average molecular weight is 269 g/mol. The zero-order valence-corrected chi connectivity index (χ0v) is 10.9. The molecule has 3 atom stereocenters. The number of likely N-dealkylation sites (tertiary alicyclic amines) is 1. The van der Waals surface area contributed by atoms with E-state index in [9.17, 15) is 14.4 Å². The number of nitrogens with one attached hydrogen (secondary N) is 2. The molecule has 3 amide bonds. The van der Waals surface area contributed by atoms with E-state index in [1.54, 1.807) is 11.9 Å². The van der Waals surface area contributed by atoms with Gasteiger partial charge < -0.3 is 20.6 Å². The van der Waals surface area contributed by atoms with Gasteiger partial charge in [0.25, 0.3) is 0 Å². The molecule has 1 heterocycles. The summed E-state index contributed by atoms with van der Waals surface area (Å²) in [7, 11) is 1.70. The van der Waals surface area contributed by atoms with Crippen LogP contribution in [0.1, 0.15) is 25.7 Å². The van der Waals surface area contributed by atoms with Gasteiger partial charge in [-0.15, -0.1) is 0 Å². The van der Waals surface area contributed by atoms with E-state index in [0.29, 0.717) is 32.2 Å². The smallest absolute Gasteiger partial charge is 0.315 e. The number of hydrogen-bond acceptors (Lipinski definition) is 3. The van der Waals surface area contributed by atoms with Crippen LogP contribution in [0.15, 0.2) is 0 Å². The first kappa shape index (κ1) is 13.6. The minimum Gasteiger partial charge on any atom is -0.481 e. The van der Waals surface area contributed by atoms with Crippen molar-refractivity contribution >= 4 is 17.9 Å². The van der Waals surface area contributed by atoms with Gasteiger partial charge in [0.2, 0.25) is 5.91 Å². The lowest BCUT2D eigenvalue weighted by Gasteiger charge is -2.16. The van der Waals surface area contributed by atoms with E-state index in [1.165, 1.54) is 0 Å². The molecule has 1 unspecified atom stereocenters. The fourth-order valence-corrected chi connectivity index (χ4v) is 2.68. The number of urea groups is 1. The molecule has 0 aromatic rings. The van der Waals surface area contributed by atoms with Crippen molar-refractivity contribution in [3.63, 3.8) is 0 Å². The van der Waals surface area contributed by atoms with Crippen LogP contribution in [0, 0.1) is 5.92 Å². The molecule has 0 spiro atoms. The summed E-state index contributed by atoms with van der Waals surface area (Å²) in [6, 6.07) is -0.957. The van der Waals surface area contributed by atoms with Crippen LogP contribution in [-0.2, 0) is 9.59 Å². The minimum absolute atomic E-state index is 0.0787. The average Bonchev–Trinajstić information content (AvgIpc) is 2.91. The predicted octanol–water partition coefficient (Wildman–Crippen LogP) is -0.230. The number of carbonyl (C=O) groups is 3. The Balaban J connectivity index is 1.76. The Bertz CT molecular complexity index is 398. The maximum Gasteiger partial charge on any atom is 0.315 e. The summed E-state index contributed by atoms with van der Waals surface area (Å²) < 4.78 is 0. The Kier molecular flexibility index (Phi) is 3.92. The Morgan fingerprint density at radius 1 is 1.26 bits per heavy atom. The zero-order chi connectivity index (χ0) is 14.0. The molecule has 0 radical (unpaired) electrons. The molecule has 0 bridgehead atoms. The molecule has 0 aromatic heterocycles. The van der Waals surface area contributed by atoms with Crippen molar-refractivity contribution in [1.82, 2.24) is 15.5 Å². The van der Waals surface area contributed by atoms with Gasteiger partial charge in [0, 0.05) is 19.6 Å². The summed E-state index contributed by atoms with van der Waals surface area (Å²) in [5.41, 5.74) is 0. The highest BCUT2D eigenvalue weighted by Crippen LogP contribution is 2.25. The van der Waals surface area contributed by atoms with Gasteiger partial charge in [-0.1, -0.05) is 0 Å². The van der Waals surface area contributed by atoms with Gasteiger partial charge in [0.05, 0.1) is 5.92 Å². The number of carboxylic acids is 1. The standard InChI is InChI=1S/C12H19N3O4/c1-15-5-4-9(10(15)16)14-12(19)13-8-3-2-7(6-8)11(17)18/h7-9H,2-6H2,1H3,(H,17,18)(H2,13,14,19)/t7-,8+,9?/m1/s1. The number of carbonyl (C=O) groups excluding carboxylic acids is 2. The summed E-state index contributed by atoms with van der Waals surface area (Å²) in [6.45, 7) is 0.647. The van der Waals surface area contributed by atoms with E-state index in [1.807, 2.05) is 0 Å². The van der Waals surface area contributed by atoms with E-state index < -0.39 is 12.0 Å². The quantitative estimate of drug-likeness (QED) is 0.659. The minimum atomic E-state index is -0.808. The van der Waals surface area contributed by atoms with Gasteiger partial charge in [0.15, 0.2) is 0 Å². The van der Waals surface area contributed by atoms with Gasteiger partial charge in [-0.2, -0.15) is 0 Å². The Morgan fingerprint density at radius 2 is 2.00 bits per heavy atom. The van der Waals surface area contributed by atoms with E-state index in [-0.39, 0.29) is 23.9 Å². The molecule has 106 valence electrons. The lowest BCUT2D eigenvalue weighted by Crippen LogP contribution is -2.48. The summed E-state index contributed by atoms with van der Waals surface area (Å²) in [4.78, 5) is 35.8. The second kappa shape index (κ2) is 5.46. The number of nitrogens with zero attached hydrogens (tertiary/aromatic N) is 1. The van der Waals surface area contributed by atoms with Gasteiger partial charge in [-0.05, 0) is 25.7 Å². The molecule has 1 saturated carbocycles. The molecule has 2 fully saturated rings. The van der Waals surface area contributed by atoms with Crippen molar-refractivity contribution in [2.75, 3.05) is 13.6 Å². The van der Waals surface area contributed by atoms with Crippen molar-refractivity contribution < 1.29 is 19.5 Å². The fraction of sp³-hybridized carbons (Fsp3) is 0.750. The number of hydrogen-bond donors (Lipinski definition) is 3. The second-order valence-electron chi connectivity index (χ2n) is 5.26. The van der Waals surface area contributed by atoms with Gasteiger partial charge in [-0.25, -0.2) is 4.79 Å². The molecule has 2 rings (SSSR count). The number of carboxylic acid groups (broad SMARTS) is 1. The molecule has 2 aliphatic rings. The van der Waals surface area contributed by atoms with Crippen LogP contribution in [0.3, 0.4) is 0 Å². The van der Waals surface area contributed by atoms with Crippen molar-refractivity contribution in [2.45, 2.75) is 37.8 Å². The third kappa shape index (κ3) is 3.15. The predicted molar refractivity (Wildman–Crippen MR) is 66.5 cm³/mol.